The van der Waals surface area contributed by atoms with Crippen LogP contribution in [0, 0.1) is 0 Å². The van der Waals surface area contributed by atoms with Crippen molar-refractivity contribution in [2.75, 3.05) is 6.26 Å². The molecule has 5 heteroatoms. The van der Waals surface area contributed by atoms with Crippen LogP contribution in [0.3, 0.4) is 0 Å². The van der Waals surface area contributed by atoms with Gasteiger partial charge >= 0.3 is 0 Å². The van der Waals surface area contributed by atoms with Crippen LogP contribution in [-0.2, 0) is 4.79 Å². The Morgan fingerprint density at radius 3 is 2.69 bits per heavy atom. The molecule has 1 N–H and O–H groups in total. The maximum absolute atomic E-state index is 12.3. The Balaban J connectivity index is 2.20. The largest absolute Gasteiger partial charge is 0.349 e. The second-order valence-corrected chi connectivity index (χ2v) is 3.75. The summed E-state index contributed by atoms with van der Waals surface area (Å²) in [6.07, 6.45) is 2.71. The molecule has 13 heavy (non-hydrogen) atoms. The van der Waals surface area contributed by atoms with Gasteiger partial charge in [0.25, 0.3) is 5.92 Å². The van der Waals surface area contributed by atoms with Crippen molar-refractivity contribution >= 4 is 17.7 Å². The molecule has 0 aromatic heterocycles. The van der Waals surface area contributed by atoms with Crippen LogP contribution in [0.4, 0.5) is 8.78 Å². The minimum absolute atomic E-state index is 0.230. The highest BCUT2D eigenvalue weighted by molar-refractivity contribution is 8.01. The Labute approximate surface area is 79.8 Å². The molecule has 0 atom stereocenters. The van der Waals surface area contributed by atoms with Gasteiger partial charge in [-0.05, 0) is 11.7 Å². The van der Waals surface area contributed by atoms with E-state index in [4.69, 9.17) is 0 Å². The molecule has 1 aliphatic rings. The first-order valence-electron chi connectivity index (χ1n) is 3.91. The van der Waals surface area contributed by atoms with Gasteiger partial charge in [-0.25, -0.2) is 8.78 Å². The zero-order valence-electron chi connectivity index (χ0n) is 7.22. The van der Waals surface area contributed by atoms with Gasteiger partial charge in [-0.1, -0.05) is 0 Å². The molecule has 0 saturated heterocycles. The monoisotopic (exact) mass is 207 g/mol. The lowest BCUT2D eigenvalue weighted by Crippen LogP contribution is -2.50. The topological polar surface area (TPSA) is 29.1 Å². The predicted molar refractivity (Wildman–Crippen MR) is 48.8 cm³/mol. The standard InChI is InChI=1S/C8H11F2NOS/c1-13-3-2-7(12)11-6-4-8(9,10)5-6/h2-3,6H,4-5H2,1H3,(H,11,12)/b3-2+. The molecule has 1 saturated carbocycles. The van der Waals surface area contributed by atoms with E-state index in [9.17, 15) is 13.6 Å². The summed E-state index contributed by atoms with van der Waals surface area (Å²) in [5, 5.41) is 4.10. The zero-order chi connectivity index (χ0) is 9.90. The number of nitrogens with one attached hydrogen (secondary N) is 1. The number of halogens is 2. The number of carbonyl (C=O) groups excluding carboxylic acids is 1. The van der Waals surface area contributed by atoms with Crippen LogP contribution >= 0.6 is 11.8 Å². The molecule has 0 aromatic carbocycles. The van der Waals surface area contributed by atoms with E-state index in [1.165, 1.54) is 17.8 Å². The number of hydrogen-bond donors (Lipinski definition) is 1. The third kappa shape index (κ3) is 3.34. The van der Waals surface area contributed by atoms with Crippen LogP contribution in [-0.4, -0.2) is 24.1 Å². The van der Waals surface area contributed by atoms with E-state index in [0.29, 0.717) is 0 Å². The van der Waals surface area contributed by atoms with Gasteiger partial charge in [-0.15, -0.1) is 11.8 Å². The highest BCUT2D eigenvalue weighted by atomic mass is 32.2. The molecule has 0 bridgehead atoms. The molecule has 74 valence electrons. The third-order valence-corrected chi connectivity index (χ3v) is 2.20. The number of rotatable bonds is 3. The fourth-order valence-corrected chi connectivity index (χ4v) is 1.40. The molecule has 2 nitrogen and oxygen atoms in total. The molecular weight excluding hydrogens is 196 g/mol. The second kappa shape index (κ2) is 4.09. The number of amides is 1. The van der Waals surface area contributed by atoms with Crippen molar-refractivity contribution in [1.82, 2.24) is 5.32 Å². The molecule has 0 radical (unpaired) electrons. The Morgan fingerprint density at radius 1 is 1.62 bits per heavy atom. The Kier molecular flexibility index (Phi) is 3.30. The molecule has 1 aliphatic carbocycles. The minimum Gasteiger partial charge on any atom is -0.349 e. The minimum atomic E-state index is -2.57. The Bertz CT molecular complexity index is 222. The first-order valence-corrected chi connectivity index (χ1v) is 5.20. The van der Waals surface area contributed by atoms with Crippen molar-refractivity contribution in [2.45, 2.75) is 24.8 Å². The van der Waals surface area contributed by atoms with Crippen molar-refractivity contribution in [2.24, 2.45) is 0 Å². The molecule has 0 aromatic rings. The van der Waals surface area contributed by atoms with E-state index in [1.54, 1.807) is 5.41 Å². The first kappa shape index (κ1) is 10.5. The maximum Gasteiger partial charge on any atom is 0.252 e. The highest BCUT2D eigenvalue weighted by Crippen LogP contribution is 2.37. The van der Waals surface area contributed by atoms with Crippen molar-refractivity contribution in [3.05, 3.63) is 11.5 Å². The summed E-state index contributed by atoms with van der Waals surface area (Å²) < 4.78 is 24.6. The summed E-state index contributed by atoms with van der Waals surface area (Å²) in [6.45, 7) is 0. The zero-order valence-corrected chi connectivity index (χ0v) is 8.04. The molecule has 0 spiro atoms. The summed E-state index contributed by atoms with van der Waals surface area (Å²) in [6, 6.07) is -0.353. The van der Waals surface area contributed by atoms with Crippen molar-refractivity contribution in [3.63, 3.8) is 0 Å². The third-order valence-electron chi connectivity index (χ3n) is 1.79. The van der Waals surface area contributed by atoms with E-state index in [2.05, 4.69) is 5.32 Å². The smallest absolute Gasteiger partial charge is 0.252 e. The summed E-state index contributed by atoms with van der Waals surface area (Å²) in [5.41, 5.74) is 0. The van der Waals surface area contributed by atoms with Crippen LogP contribution < -0.4 is 5.32 Å². The fraction of sp³-hybridized carbons (Fsp3) is 0.625. The maximum atomic E-state index is 12.3. The van der Waals surface area contributed by atoms with E-state index in [0.717, 1.165) is 0 Å². The van der Waals surface area contributed by atoms with Gasteiger partial charge in [0.05, 0.1) is 0 Å². The number of thioether (sulfide) groups is 1. The van der Waals surface area contributed by atoms with Crippen LogP contribution in [0.2, 0.25) is 0 Å². The molecule has 1 amide bonds. The van der Waals surface area contributed by atoms with Gasteiger partial charge in [0.15, 0.2) is 0 Å². The number of hydrogen-bond acceptors (Lipinski definition) is 2. The summed E-state index contributed by atoms with van der Waals surface area (Å²) >= 11 is 1.39. The van der Waals surface area contributed by atoms with Crippen LogP contribution in [0.1, 0.15) is 12.8 Å². The highest BCUT2D eigenvalue weighted by Gasteiger charge is 2.45. The van der Waals surface area contributed by atoms with Gasteiger partial charge in [0.1, 0.15) is 0 Å². The average molecular weight is 207 g/mol. The summed E-state index contributed by atoms with van der Waals surface area (Å²) in [7, 11) is 0. The predicted octanol–water partition coefficient (Wildman–Crippen LogP) is 1.78. The van der Waals surface area contributed by atoms with Gasteiger partial charge < -0.3 is 5.32 Å². The van der Waals surface area contributed by atoms with Crippen molar-refractivity contribution < 1.29 is 13.6 Å². The van der Waals surface area contributed by atoms with Gasteiger partial charge in [-0.2, -0.15) is 0 Å². The lowest BCUT2D eigenvalue weighted by molar-refractivity contribution is -0.124. The van der Waals surface area contributed by atoms with Crippen LogP contribution in [0.15, 0.2) is 11.5 Å². The number of alkyl halides is 2. The van der Waals surface area contributed by atoms with Gasteiger partial charge in [0, 0.05) is 25.0 Å². The molecule has 0 heterocycles. The van der Waals surface area contributed by atoms with Crippen LogP contribution in [0.5, 0.6) is 0 Å². The van der Waals surface area contributed by atoms with E-state index < -0.39 is 5.92 Å². The van der Waals surface area contributed by atoms with Gasteiger partial charge in [0.2, 0.25) is 5.91 Å². The van der Waals surface area contributed by atoms with Crippen molar-refractivity contribution in [3.8, 4) is 0 Å². The summed E-state index contributed by atoms with van der Waals surface area (Å²) in [4.78, 5) is 11.0. The molecule has 1 rings (SSSR count). The van der Waals surface area contributed by atoms with E-state index in [1.807, 2.05) is 6.26 Å². The molecule has 0 unspecified atom stereocenters. The lowest BCUT2D eigenvalue weighted by Gasteiger charge is -2.34. The summed E-state index contributed by atoms with van der Waals surface area (Å²) in [5.74, 6) is -2.86. The normalized spacial score (nSPS) is 21.5. The van der Waals surface area contributed by atoms with E-state index >= 15 is 0 Å². The van der Waals surface area contributed by atoms with Gasteiger partial charge in [-0.3, -0.25) is 4.79 Å². The SMILES string of the molecule is CS/C=C/C(=O)NC1CC(F)(F)C1. The quantitative estimate of drug-likeness (QED) is 0.715. The molecule has 0 aliphatic heterocycles. The second-order valence-electron chi connectivity index (χ2n) is 3.01. The molecular formula is C8H11F2NOS. The Hall–Kier alpha value is -0.580. The first-order chi connectivity index (χ1) is 6.03. The van der Waals surface area contributed by atoms with Crippen molar-refractivity contribution in [1.29, 1.82) is 0 Å². The average Bonchev–Trinajstić information content (AvgIpc) is 1.97. The number of carbonyl (C=O) groups is 1. The van der Waals surface area contributed by atoms with Crippen LogP contribution in [0.25, 0.3) is 0 Å². The lowest BCUT2D eigenvalue weighted by atomic mass is 9.88. The Morgan fingerprint density at radius 2 is 2.23 bits per heavy atom. The van der Waals surface area contributed by atoms with E-state index in [-0.39, 0.29) is 24.8 Å². The molecule has 1 fully saturated rings. The fourth-order valence-electron chi connectivity index (χ4n) is 1.14.